The van der Waals surface area contributed by atoms with Crippen molar-refractivity contribution in [2.24, 2.45) is 0 Å². The fourth-order valence-electron chi connectivity index (χ4n) is 1.65. The summed E-state index contributed by atoms with van der Waals surface area (Å²) in [6.45, 7) is 0. The molecule has 0 aliphatic heterocycles. The van der Waals surface area contributed by atoms with Gasteiger partial charge in [0.25, 0.3) is 0 Å². The number of aromatic nitrogens is 4. The Morgan fingerprint density at radius 3 is 2.26 bits per heavy atom. The monoisotopic (exact) mass is 300 g/mol. The topological polar surface area (TPSA) is 43.6 Å². The van der Waals surface area contributed by atoms with E-state index in [1.54, 1.807) is 0 Å². The number of imidazole rings is 1. The lowest BCUT2D eigenvalue weighted by molar-refractivity contribution is 0.510. The quantitative estimate of drug-likeness (QED) is 0.647. The summed E-state index contributed by atoms with van der Waals surface area (Å²) in [4.78, 5) is 11.9. The predicted octanol–water partition coefficient (Wildman–Crippen LogP) is 3.40. The molecule has 2 heterocycles. The molecule has 0 radical (unpaired) electrons. The SMILES string of the molecule is Fc1cc2ncn(-c3nc(Cl)cc(Cl)n3)c2cc1F. The average Bonchev–Trinajstić information content (AvgIpc) is 2.71. The number of hydrogen-bond donors (Lipinski definition) is 0. The van der Waals surface area contributed by atoms with Gasteiger partial charge in [0.05, 0.1) is 11.0 Å². The second-order valence-electron chi connectivity index (χ2n) is 3.68. The van der Waals surface area contributed by atoms with Gasteiger partial charge >= 0.3 is 0 Å². The van der Waals surface area contributed by atoms with Crippen LogP contribution in [0.25, 0.3) is 17.0 Å². The molecule has 0 spiro atoms. The summed E-state index contributed by atoms with van der Waals surface area (Å²) >= 11 is 11.5. The first kappa shape index (κ1) is 12.3. The molecule has 19 heavy (non-hydrogen) atoms. The lowest BCUT2D eigenvalue weighted by atomic mass is 10.3. The predicted molar refractivity (Wildman–Crippen MR) is 66.6 cm³/mol. The molecule has 2 aromatic heterocycles. The van der Waals surface area contributed by atoms with E-state index >= 15 is 0 Å². The van der Waals surface area contributed by atoms with Gasteiger partial charge < -0.3 is 0 Å². The third kappa shape index (κ3) is 2.13. The number of nitrogens with zero attached hydrogens (tertiary/aromatic N) is 4. The van der Waals surface area contributed by atoms with Crippen molar-refractivity contribution in [1.82, 2.24) is 19.5 Å². The normalized spacial score (nSPS) is 11.2. The Bertz CT molecular complexity index is 767. The first-order valence-corrected chi connectivity index (χ1v) is 5.83. The Morgan fingerprint density at radius 1 is 0.947 bits per heavy atom. The molecule has 3 aromatic rings. The molecule has 3 rings (SSSR count). The number of rotatable bonds is 1. The minimum absolute atomic E-state index is 0.131. The first-order chi connectivity index (χ1) is 9.04. The Hall–Kier alpha value is -1.79. The van der Waals surface area contributed by atoms with Gasteiger partial charge in [0, 0.05) is 18.2 Å². The van der Waals surface area contributed by atoms with Gasteiger partial charge in [-0.2, -0.15) is 0 Å². The van der Waals surface area contributed by atoms with Crippen molar-refractivity contribution in [2.45, 2.75) is 0 Å². The minimum Gasteiger partial charge on any atom is -0.267 e. The van der Waals surface area contributed by atoms with Crippen LogP contribution < -0.4 is 0 Å². The Kier molecular flexibility index (Phi) is 2.83. The fraction of sp³-hybridized carbons (Fsp3) is 0. The van der Waals surface area contributed by atoms with E-state index in [0.717, 1.165) is 12.1 Å². The number of benzene rings is 1. The van der Waals surface area contributed by atoms with Crippen LogP contribution in [0.15, 0.2) is 24.5 Å². The molecule has 0 saturated carbocycles. The molecule has 0 amide bonds. The van der Waals surface area contributed by atoms with E-state index in [-0.39, 0.29) is 21.8 Å². The first-order valence-electron chi connectivity index (χ1n) is 5.07. The van der Waals surface area contributed by atoms with Gasteiger partial charge in [-0.3, -0.25) is 4.57 Å². The van der Waals surface area contributed by atoms with Gasteiger partial charge in [-0.1, -0.05) is 23.2 Å². The molecule has 0 unspecified atom stereocenters. The summed E-state index contributed by atoms with van der Waals surface area (Å²) < 4.78 is 27.7. The smallest absolute Gasteiger partial charge is 0.238 e. The molecule has 0 bridgehead atoms. The van der Waals surface area contributed by atoms with Crippen LogP contribution in [-0.4, -0.2) is 19.5 Å². The Balaban J connectivity index is 2.28. The van der Waals surface area contributed by atoms with Crippen molar-refractivity contribution in [2.75, 3.05) is 0 Å². The largest absolute Gasteiger partial charge is 0.267 e. The molecule has 96 valence electrons. The molecular weight excluding hydrogens is 297 g/mol. The molecule has 1 aromatic carbocycles. The highest BCUT2D eigenvalue weighted by Crippen LogP contribution is 2.21. The van der Waals surface area contributed by atoms with E-state index in [0.29, 0.717) is 5.52 Å². The van der Waals surface area contributed by atoms with Crippen molar-refractivity contribution in [3.63, 3.8) is 0 Å². The Morgan fingerprint density at radius 2 is 1.58 bits per heavy atom. The number of halogens is 4. The van der Waals surface area contributed by atoms with Crippen molar-refractivity contribution < 1.29 is 8.78 Å². The van der Waals surface area contributed by atoms with Crippen molar-refractivity contribution in [3.05, 3.63) is 46.5 Å². The lowest BCUT2D eigenvalue weighted by Gasteiger charge is -2.03. The fourth-order valence-corrected chi connectivity index (χ4v) is 2.06. The maximum absolute atomic E-state index is 13.3. The molecule has 0 saturated heterocycles. The molecule has 4 nitrogen and oxygen atoms in total. The summed E-state index contributed by atoms with van der Waals surface area (Å²) in [5, 5.41) is 0.277. The van der Waals surface area contributed by atoms with Crippen LogP contribution in [-0.2, 0) is 0 Å². The highest BCUT2D eigenvalue weighted by molar-refractivity contribution is 6.33. The van der Waals surface area contributed by atoms with E-state index in [1.807, 2.05) is 0 Å². The van der Waals surface area contributed by atoms with Gasteiger partial charge in [-0.05, 0) is 0 Å². The van der Waals surface area contributed by atoms with Crippen molar-refractivity contribution in [1.29, 1.82) is 0 Å². The molecule has 0 aliphatic carbocycles. The third-order valence-electron chi connectivity index (χ3n) is 2.46. The zero-order valence-electron chi connectivity index (χ0n) is 9.11. The van der Waals surface area contributed by atoms with Gasteiger partial charge in [0.2, 0.25) is 5.95 Å². The Labute approximate surface area is 115 Å². The van der Waals surface area contributed by atoms with Crippen LogP contribution in [0.5, 0.6) is 0 Å². The van der Waals surface area contributed by atoms with Crippen molar-refractivity contribution in [3.8, 4) is 5.95 Å². The summed E-state index contributed by atoms with van der Waals surface area (Å²) in [5.74, 6) is -1.82. The van der Waals surface area contributed by atoms with E-state index in [4.69, 9.17) is 23.2 Å². The highest BCUT2D eigenvalue weighted by atomic mass is 35.5. The second kappa shape index (κ2) is 4.40. The maximum Gasteiger partial charge on any atom is 0.238 e. The van der Waals surface area contributed by atoms with Gasteiger partial charge in [0.1, 0.15) is 16.6 Å². The zero-order valence-corrected chi connectivity index (χ0v) is 10.6. The van der Waals surface area contributed by atoms with Crippen LogP contribution in [0.4, 0.5) is 8.78 Å². The van der Waals surface area contributed by atoms with Crippen molar-refractivity contribution >= 4 is 34.2 Å². The summed E-state index contributed by atoms with van der Waals surface area (Å²) in [5.41, 5.74) is 0.593. The molecule has 8 heteroatoms. The number of hydrogen-bond acceptors (Lipinski definition) is 3. The summed E-state index contributed by atoms with van der Waals surface area (Å²) in [7, 11) is 0. The molecule has 0 N–H and O–H groups in total. The van der Waals surface area contributed by atoms with E-state index in [1.165, 1.54) is 17.0 Å². The summed E-state index contributed by atoms with van der Waals surface area (Å²) in [6, 6.07) is 3.37. The maximum atomic E-state index is 13.3. The third-order valence-corrected chi connectivity index (χ3v) is 2.84. The standard InChI is InChI=1S/C11H4Cl2F2N4/c12-9-3-10(13)18-11(17-9)19-4-16-7-1-5(14)6(15)2-8(7)19/h1-4H. The highest BCUT2D eigenvalue weighted by Gasteiger charge is 2.12. The lowest BCUT2D eigenvalue weighted by Crippen LogP contribution is -2.00. The molecule has 0 atom stereocenters. The second-order valence-corrected chi connectivity index (χ2v) is 4.46. The molecule has 0 aliphatic rings. The van der Waals surface area contributed by atoms with Crippen LogP contribution >= 0.6 is 23.2 Å². The summed E-state index contributed by atoms with van der Waals surface area (Å²) in [6.07, 6.45) is 1.34. The van der Waals surface area contributed by atoms with Crippen LogP contribution in [0.2, 0.25) is 10.3 Å². The van der Waals surface area contributed by atoms with Gasteiger partial charge in [-0.15, -0.1) is 0 Å². The van der Waals surface area contributed by atoms with E-state index in [2.05, 4.69) is 15.0 Å². The molecular formula is C11H4Cl2F2N4. The van der Waals surface area contributed by atoms with Crippen LogP contribution in [0, 0.1) is 11.6 Å². The number of fused-ring (bicyclic) bond motifs is 1. The van der Waals surface area contributed by atoms with Gasteiger partial charge in [0.15, 0.2) is 11.6 Å². The van der Waals surface area contributed by atoms with E-state index in [9.17, 15) is 8.78 Å². The minimum atomic E-state index is -0.984. The molecule has 0 fully saturated rings. The average molecular weight is 301 g/mol. The van der Waals surface area contributed by atoms with Crippen LogP contribution in [0.1, 0.15) is 0 Å². The van der Waals surface area contributed by atoms with Gasteiger partial charge in [-0.25, -0.2) is 23.7 Å². The zero-order chi connectivity index (χ0) is 13.6. The van der Waals surface area contributed by atoms with Crippen LogP contribution in [0.3, 0.4) is 0 Å². The van der Waals surface area contributed by atoms with E-state index < -0.39 is 11.6 Å².